The van der Waals surface area contributed by atoms with Gasteiger partial charge in [0, 0.05) is 19.5 Å². The van der Waals surface area contributed by atoms with E-state index >= 15 is 0 Å². The molecule has 0 atom stereocenters. The van der Waals surface area contributed by atoms with Crippen molar-refractivity contribution in [2.45, 2.75) is 0 Å². The van der Waals surface area contributed by atoms with Crippen LogP contribution in [-0.4, -0.2) is 31.2 Å². The second-order valence-corrected chi connectivity index (χ2v) is 0.490. The second-order valence-electron chi connectivity index (χ2n) is 0.490. The van der Waals surface area contributed by atoms with Crippen molar-refractivity contribution in [1.29, 1.82) is 0 Å². The molecule has 18 nitrogen and oxygen atoms in total. The van der Waals surface area contributed by atoms with E-state index in [9.17, 15) is 0 Å². The molecule has 0 aliphatic heterocycles. The Morgan fingerprint density at radius 3 is 0.364 bits per heavy atom. The molecular formula is H6K3N6O12Rh+3. The molecule has 0 aromatic rings. The zero-order chi connectivity index (χ0) is 16.2. The molecule has 0 saturated carbocycles. The van der Waals surface area contributed by atoms with Crippen LogP contribution < -0.4 is 154 Å². The number of rotatable bonds is 0. The Kier molecular flexibility index (Phi) is 517. The van der Waals surface area contributed by atoms with Crippen molar-refractivity contribution in [2.24, 2.45) is 32.0 Å². The Balaban J connectivity index is -0.00000000947. The Morgan fingerprint density at radius 1 is 0.364 bits per heavy atom. The average molecular weight is 502 g/mol. The maximum Gasteiger partial charge on any atom is 1.00 e. The van der Waals surface area contributed by atoms with Crippen molar-refractivity contribution >= 4 is 0 Å². The van der Waals surface area contributed by atoms with Crippen LogP contribution in [0.2, 0.25) is 0 Å². The fourth-order valence-corrected chi connectivity index (χ4v) is 0. The van der Waals surface area contributed by atoms with Crippen LogP contribution in [0.1, 0.15) is 0 Å². The first-order chi connectivity index (χ1) is 8.49. The predicted octanol–water partition coefficient (Wildman–Crippen LogP) is -8.14. The van der Waals surface area contributed by atoms with E-state index in [-0.39, 0.29) is 174 Å². The van der Waals surface area contributed by atoms with E-state index in [0.29, 0.717) is 0 Å². The minimum absolute atomic E-state index is 0. The van der Waals surface area contributed by atoms with E-state index in [4.69, 9.17) is 60.7 Å². The van der Waals surface area contributed by atoms with E-state index in [1.54, 1.807) is 0 Å². The summed E-state index contributed by atoms with van der Waals surface area (Å²) in [6, 6.07) is 0. The summed E-state index contributed by atoms with van der Waals surface area (Å²) >= 11 is 0. The molecule has 22 heteroatoms. The van der Waals surface area contributed by atoms with E-state index < -0.39 is 0 Å². The summed E-state index contributed by atoms with van der Waals surface area (Å²) in [6.07, 6.45) is 0. The van der Waals surface area contributed by atoms with Gasteiger partial charge in [-0.05, 0) is 0 Å². The monoisotopic (exact) mass is 502 g/mol. The van der Waals surface area contributed by atoms with Crippen LogP contribution in [-0.2, 0) is 19.5 Å². The zero-order valence-electron chi connectivity index (χ0n) is 11.1. The van der Waals surface area contributed by atoms with Gasteiger partial charge in [-0.15, -0.1) is 29.4 Å². The Hall–Kier alpha value is 1.93. The standard InChI is InChI=1S/3K.6HNO2.Rh/c;;;6*2-1-3;/h;;;6*(H,2,3);/q3*+1;;;;;;;. The molecule has 0 spiro atoms. The van der Waals surface area contributed by atoms with E-state index in [1.807, 2.05) is 0 Å². The zero-order valence-corrected chi connectivity index (χ0v) is 22.2. The number of hydrogen-bond donors (Lipinski definition) is 6. The summed E-state index contributed by atoms with van der Waals surface area (Å²) in [6.45, 7) is 0. The largest absolute Gasteiger partial charge is 1.00 e. The molecule has 22 heavy (non-hydrogen) atoms. The molecule has 0 unspecified atom stereocenters. The van der Waals surface area contributed by atoms with Gasteiger partial charge in [-0.1, -0.05) is 0 Å². The van der Waals surface area contributed by atoms with Gasteiger partial charge in [0.1, 0.15) is 0 Å². The maximum atomic E-state index is 8.11. The Labute approximate surface area is 260 Å². The fourth-order valence-electron chi connectivity index (χ4n) is 0. The van der Waals surface area contributed by atoms with Crippen LogP contribution in [0.15, 0.2) is 32.0 Å². The van der Waals surface area contributed by atoms with Gasteiger partial charge >= 0.3 is 154 Å². The summed E-state index contributed by atoms with van der Waals surface area (Å²) in [4.78, 5) is 48.7. The second kappa shape index (κ2) is 175. The molecule has 6 N–H and O–H groups in total. The normalized spacial score (nSPS) is 3.27. The summed E-state index contributed by atoms with van der Waals surface area (Å²) in [5, 5.41) is 47.3. The van der Waals surface area contributed by atoms with Crippen LogP contribution in [0.25, 0.3) is 0 Å². The molecule has 0 rings (SSSR count). The third-order valence-corrected chi connectivity index (χ3v) is 0. The van der Waals surface area contributed by atoms with Gasteiger partial charge in [-0.3, -0.25) is 0 Å². The van der Waals surface area contributed by atoms with Crippen LogP contribution in [0, 0.1) is 29.4 Å². The van der Waals surface area contributed by atoms with Gasteiger partial charge in [0.2, 0.25) is 0 Å². The molecule has 117 valence electrons. The SMILES string of the molecule is O=NO.O=NO.O=NO.O=NO.O=NO.O=NO.[K+].[K+].[K+].[Rh]. The van der Waals surface area contributed by atoms with Crippen LogP contribution in [0.4, 0.5) is 0 Å². The van der Waals surface area contributed by atoms with Gasteiger partial charge < -0.3 is 31.2 Å². The van der Waals surface area contributed by atoms with Crippen molar-refractivity contribution in [3.8, 4) is 0 Å². The number of hydrogen-bond acceptors (Lipinski definition) is 12. The van der Waals surface area contributed by atoms with Gasteiger partial charge in [-0.25, -0.2) is 0 Å². The first-order valence-corrected chi connectivity index (χ1v) is 2.30. The Morgan fingerprint density at radius 2 is 0.364 bits per heavy atom. The molecule has 0 aromatic heterocycles. The van der Waals surface area contributed by atoms with Crippen molar-refractivity contribution in [3.63, 3.8) is 0 Å². The van der Waals surface area contributed by atoms with Crippen LogP contribution in [0.3, 0.4) is 0 Å². The first-order valence-electron chi connectivity index (χ1n) is 2.30. The summed E-state index contributed by atoms with van der Waals surface area (Å²) in [7, 11) is 0. The molecule has 0 bridgehead atoms. The summed E-state index contributed by atoms with van der Waals surface area (Å²) in [5.74, 6) is 0. The molecule has 0 heterocycles. The van der Waals surface area contributed by atoms with Gasteiger partial charge in [0.15, 0.2) is 32.0 Å². The summed E-state index contributed by atoms with van der Waals surface area (Å²) < 4.78 is 0. The Bertz CT molecular complexity index is 126. The van der Waals surface area contributed by atoms with E-state index in [2.05, 4.69) is 0 Å². The number of nitrogens with zero attached hydrogens (tertiary/aromatic N) is 6. The fraction of sp³-hybridized carbons (Fsp3) is 0. The van der Waals surface area contributed by atoms with Crippen molar-refractivity contribution in [2.75, 3.05) is 0 Å². The molecule has 0 aliphatic rings. The first kappa shape index (κ1) is 64.8. The molecule has 1 radical (unpaired) electrons. The third-order valence-electron chi connectivity index (χ3n) is 0. The van der Waals surface area contributed by atoms with Crippen molar-refractivity contribution < 1.29 is 205 Å². The van der Waals surface area contributed by atoms with Crippen LogP contribution >= 0.6 is 0 Å². The molecule has 0 amide bonds. The minimum Gasteiger partial charge on any atom is -0.379 e. The van der Waals surface area contributed by atoms with E-state index in [0.717, 1.165) is 0 Å². The molecular weight excluding hydrogens is 496 g/mol. The van der Waals surface area contributed by atoms with Crippen LogP contribution in [0.5, 0.6) is 0 Å². The predicted molar refractivity (Wildman–Crippen MR) is 45.5 cm³/mol. The molecule has 0 fully saturated rings. The van der Waals surface area contributed by atoms with Gasteiger partial charge in [-0.2, -0.15) is 0 Å². The smallest absolute Gasteiger partial charge is 0.379 e. The average Bonchev–Trinajstić information content (AvgIpc) is 2.23. The quantitative estimate of drug-likeness (QED) is 0.102. The van der Waals surface area contributed by atoms with Crippen molar-refractivity contribution in [3.05, 3.63) is 29.4 Å². The topological polar surface area (TPSA) is 298 Å². The van der Waals surface area contributed by atoms with Gasteiger partial charge in [0.25, 0.3) is 0 Å². The third kappa shape index (κ3) is 2570. The molecule has 0 aromatic carbocycles. The molecule has 0 aliphatic carbocycles. The minimum atomic E-state index is 0. The van der Waals surface area contributed by atoms with E-state index in [1.165, 1.54) is 32.0 Å². The summed E-state index contributed by atoms with van der Waals surface area (Å²) in [5.41, 5.74) is 0. The maximum absolute atomic E-state index is 8.11. The van der Waals surface area contributed by atoms with Crippen molar-refractivity contribution in [1.82, 2.24) is 0 Å². The molecule has 0 saturated heterocycles. The van der Waals surface area contributed by atoms with Gasteiger partial charge in [0.05, 0.1) is 0 Å².